The van der Waals surface area contributed by atoms with Gasteiger partial charge in [0.15, 0.2) is 5.78 Å². The van der Waals surface area contributed by atoms with Crippen LogP contribution in [0.5, 0.6) is 0 Å². The molecule has 170 valence electrons. The smallest absolute Gasteiger partial charge is 0.243 e. The average Bonchev–Trinajstić information content (AvgIpc) is 2.84. The molecular formula is C26H26N2O4S. The third kappa shape index (κ3) is 5.05. The van der Waals surface area contributed by atoms with Crippen LogP contribution in [0, 0.1) is 0 Å². The lowest BCUT2D eigenvalue weighted by Crippen LogP contribution is -2.44. The number of para-hydroxylation sites is 1. The lowest BCUT2D eigenvalue weighted by molar-refractivity contribution is -0.119. The SMILES string of the molecule is CC(=O)c1ccc(S(=O)(=O)N(CC(=O)N2CCCc3ccccc32)Cc2ccccc2)cc1. The van der Waals surface area contributed by atoms with E-state index in [0.29, 0.717) is 12.1 Å². The second-order valence-electron chi connectivity index (χ2n) is 8.12. The number of ketones is 1. The Kier molecular flexibility index (Phi) is 6.72. The number of rotatable bonds is 7. The van der Waals surface area contributed by atoms with Gasteiger partial charge in [-0.3, -0.25) is 9.59 Å². The number of carbonyl (C=O) groups excluding carboxylic acids is 2. The molecule has 3 aromatic rings. The van der Waals surface area contributed by atoms with Crippen LogP contribution in [0.15, 0.2) is 83.8 Å². The van der Waals surface area contributed by atoms with Gasteiger partial charge in [0.2, 0.25) is 15.9 Å². The van der Waals surface area contributed by atoms with E-state index < -0.39 is 10.0 Å². The van der Waals surface area contributed by atoms with Crippen LogP contribution in [0.4, 0.5) is 5.69 Å². The number of anilines is 1. The van der Waals surface area contributed by atoms with Crippen molar-refractivity contribution in [1.82, 2.24) is 4.31 Å². The highest BCUT2D eigenvalue weighted by Gasteiger charge is 2.30. The maximum atomic E-state index is 13.6. The summed E-state index contributed by atoms with van der Waals surface area (Å²) in [6, 6.07) is 22.8. The summed E-state index contributed by atoms with van der Waals surface area (Å²) < 4.78 is 28.3. The third-order valence-corrected chi connectivity index (χ3v) is 7.63. The standard InChI is InChI=1S/C26H26N2O4S/c1-20(29)22-13-15-24(16-14-22)33(31,32)27(18-21-8-3-2-4-9-21)19-26(30)28-17-7-11-23-10-5-6-12-25(23)28/h2-6,8-10,12-16H,7,11,17-19H2,1H3. The number of amides is 1. The van der Waals surface area contributed by atoms with Gasteiger partial charge in [-0.1, -0.05) is 60.7 Å². The predicted molar refractivity (Wildman–Crippen MR) is 128 cm³/mol. The molecule has 7 heteroatoms. The van der Waals surface area contributed by atoms with Crippen LogP contribution in [-0.2, 0) is 27.8 Å². The normalized spacial score (nSPS) is 13.6. The van der Waals surface area contributed by atoms with Gasteiger partial charge in [-0.15, -0.1) is 0 Å². The largest absolute Gasteiger partial charge is 0.311 e. The minimum Gasteiger partial charge on any atom is -0.311 e. The number of hydrogen-bond donors (Lipinski definition) is 0. The zero-order valence-electron chi connectivity index (χ0n) is 18.5. The topological polar surface area (TPSA) is 74.8 Å². The Morgan fingerprint density at radius 1 is 0.909 bits per heavy atom. The van der Waals surface area contributed by atoms with E-state index in [-0.39, 0.29) is 29.7 Å². The second kappa shape index (κ2) is 9.68. The van der Waals surface area contributed by atoms with Crippen LogP contribution in [0.3, 0.4) is 0 Å². The van der Waals surface area contributed by atoms with E-state index in [2.05, 4.69) is 0 Å². The van der Waals surface area contributed by atoms with Crippen molar-refractivity contribution >= 4 is 27.4 Å². The van der Waals surface area contributed by atoms with Gasteiger partial charge < -0.3 is 4.90 Å². The monoisotopic (exact) mass is 462 g/mol. The van der Waals surface area contributed by atoms with Crippen molar-refractivity contribution in [2.24, 2.45) is 0 Å². The number of carbonyl (C=O) groups is 2. The summed E-state index contributed by atoms with van der Waals surface area (Å²) >= 11 is 0. The fourth-order valence-corrected chi connectivity index (χ4v) is 5.43. The van der Waals surface area contributed by atoms with Crippen molar-refractivity contribution in [3.05, 3.63) is 95.6 Å². The summed E-state index contributed by atoms with van der Waals surface area (Å²) in [6.45, 7) is 1.78. The Balaban J connectivity index is 1.65. The fraction of sp³-hybridized carbons (Fsp3) is 0.231. The highest BCUT2D eigenvalue weighted by molar-refractivity contribution is 7.89. The average molecular weight is 463 g/mol. The van der Waals surface area contributed by atoms with E-state index in [9.17, 15) is 18.0 Å². The number of fused-ring (bicyclic) bond motifs is 1. The van der Waals surface area contributed by atoms with Gasteiger partial charge >= 0.3 is 0 Å². The van der Waals surface area contributed by atoms with E-state index in [4.69, 9.17) is 0 Å². The maximum Gasteiger partial charge on any atom is 0.243 e. The number of benzene rings is 3. The molecule has 33 heavy (non-hydrogen) atoms. The number of hydrogen-bond acceptors (Lipinski definition) is 4. The third-order valence-electron chi connectivity index (χ3n) is 5.82. The summed E-state index contributed by atoms with van der Waals surface area (Å²) in [6.07, 6.45) is 1.73. The van der Waals surface area contributed by atoms with E-state index in [1.807, 2.05) is 54.6 Å². The first kappa shape index (κ1) is 22.9. The number of nitrogens with zero attached hydrogens (tertiary/aromatic N) is 2. The van der Waals surface area contributed by atoms with Gasteiger partial charge in [0.25, 0.3) is 0 Å². The van der Waals surface area contributed by atoms with Crippen molar-refractivity contribution in [1.29, 1.82) is 0 Å². The molecule has 4 rings (SSSR count). The molecule has 1 heterocycles. The molecule has 0 N–H and O–H groups in total. The van der Waals surface area contributed by atoms with Gasteiger partial charge in [-0.25, -0.2) is 8.42 Å². The molecular weight excluding hydrogens is 436 g/mol. The minimum atomic E-state index is -3.98. The lowest BCUT2D eigenvalue weighted by Gasteiger charge is -2.31. The summed E-state index contributed by atoms with van der Waals surface area (Å²) in [5.74, 6) is -0.402. The molecule has 0 saturated heterocycles. The van der Waals surface area contributed by atoms with Crippen LogP contribution in [-0.4, -0.2) is 37.5 Å². The zero-order valence-corrected chi connectivity index (χ0v) is 19.3. The highest BCUT2D eigenvalue weighted by atomic mass is 32.2. The molecule has 0 spiro atoms. The summed E-state index contributed by atoms with van der Waals surface area (Å²) in [5.41, 5.74) is 3.16. The summed E-state index contributed by atoms with van der Waals surface area (Å²) in [7, 11) is -3.98. The fourth-order valence-electron chi connectivity index (χ4n) is 4.05. The van der Waals surface area contributed by atoms with Crippen LogP contribution in [0.25, 0.3) is 0 Å². The predicted octanol–water partition coefficient (Wildman–Crippen LogP) is 4.06. The number of sulfonamides is 1. The molecule has 0 atom stereocenters. The molecule has 1 amide bonds. The Bertz CT molecular complexity index is 1250. The molecule has 1 aliphatic rings. The Labute approximate surface area is 194 Å². The van der Waals surface area contributed by atoms with E-state index in [0.717, 1.165) is 29.7 Å². The van der Waals surface area contributed by atoms with Crippen LogP contribution in [0.2, 0.25) is 0 Å². The molecule has 0 aromatic heterocycles. The molecule has 1 aliphatic heterocycles. The van der Waals surface area contributed by atoms with Gasteiger partial charge in [-0.2, -0.15) is 4.31 Å². The first-order valence-electron chi connectivity index (χ1n) is 10.9. The molecule has 0 fully saturated rings. The Hall–Kier alpha value is -3.29. The molecule has 0 saturated carbocycles. The summed E-state index contributed by atoms with van der Waals surface area (Å²) in [4.78, 5) is 26.7. The first-order chi connectivity index (χ1) is 15.9. The van der Waals surface area contributed by atoms with Gasteiger partial charge in [0.1, 0.15) is 0 Å². The van der Waals surface area contributed by atoms with Crippen LogP contribution in [0.1, 0.15) is 34.8 Å². The van der Waals surface area contributed by atoms with Gasteiger partial charge in [0.05, 0.1) is 11.4 Å². The Morgan fingerprint density at radius 2 is 1.58 bits per heavy atom. The maximum absolute atomic E-state index is 13.6. The van der Waals surface area contributed by atoms with E-state index in [1.165, 1.54) is 35.5 Å². The van der Waals surface area contributed by atoms with Gasteiger partial charge in [0, 0.05) is 24.3 Å². The quantitative estimate of drug-likeness (QED) is 0.496. The molecule has 3 aromatic carbocycles. The highest BCUT2D eigenvalue weighted by Crippen LogP contribution is 2.28. The van der Waals surface area contributed by atoms with Crippen LogP contribution < -0.4 is 4.90 Å². The number of Topliss-reactive ketones (excluding diaryl/α,β-unsaturated/α-hetero) is 1. The van der Waals surface area contributed by atoms with Crippen molar-refractivity contribution in [2.45, 2.75) is 31.2 Å². The van der Waals surface area contributed by atoms with Crippen molar-refractivity contribution < 1.29 is 18.0 Å². The second-order valence-corrected chi connectivity index (χ2v) is 10.1. The summed E-state index contributed by atoms with van der Waals surface area (Å²) in [5, 5.41) is 0. The molecule has 0 unspecified atom stereocenters. The number of aryl methyl sites for hydroxylation is 1. The van der Waals surface area contributed by atoms with Crippen molar-refractivity contribution in [3.63, 3.8) is 0 Å². The van der Waals surface area contributed by atoms with Crippen molar-refractivity contribution in [3.8, 4) is 0 Å². The lowest BCUT2D eigenvalue weighted by atomic mass is 10.0. The van der Waals surface area contributed by atoms with Crippen molar-refractivity contribution in [2.75, 3.05) is 18.0 Å². The van der Waals surface area contributed by atoms with Gasteiger partial charge in [-0.05, 0) is 49.1 Å². The molecule has 6 nitrogen and oxygen atoms in total. The van der Waals surface area contributed by atoms with E-state index >= 15 is 0 Å². The van der Waals surface area contributed by atoms with Crippen LogP contribution >= 0.6 is 0 Å². The van der Waals surface area contributed by atoms with E-state index in [1.54, 1.807) is 4.90 Å². The molecule has 0 bridgehead atoms. The Morgan fingerprint density at radius 3 is 2.27 bits per heavy atom. The molecule has 0 aliphatic carbocycles. The zero-order chi connectivity index (χ0) is 23.4. The minimum absolute atomic E-state index is 0.0512. The molecule has 0 radical (unpaired) electrons. The first-order valence-corrected chi connectivity index (χ1v) is 12.3.